The normalized spacial score (nSPS) is 10.2. The Hall–Kier alpha value is -4.00. The van der Waals surface area contributed by atoms with E-state index in [1.165, 1.54) is 24.3 Å². The predicted octanol–water partition coefficient (Wildman–Crippen LogP) is 4.09. The molecule has 7 heteroatoms. The Labute approximate surface area is 167 Å². The first-order chi connectivity index (χ1) is 14.0. The number of nitro groups is 1. The highest BCUT2D eigenvalue weighted by Crippen LogP contribution is 2.19. The summed E-state index contributed by atoms with van der Waals surface area (Å²) < 4.78 is 0. The number of carbonyl (C=O) groups is 2. The molecule has 3 rings (SSSR count). The maximum absolute atomic E-state index is 12.7. The Morgan fingerprint density at radius 2 is 1.66 bits per heavy atom. The lowest BCUT2D eigenvalue weighted by atomic mass is 10.1. The minimum Gasteiger partial charge on any atom is -0.348 e. The second-order valence-corrected chi connectivity index (χ2v) is 6.42. The van der Waals surface area contributed by atoms with Gasteiger partial charge in [-0.1, -0.05) is 42.5 Å². The monoisotopic (exact) mass is 389 g/mol. The molecule has 0 heterocycles. The Kier molecular flexibility index (Phi) is 5.99. The fourth-order valence-electron chi connectivity index (χ4n) is 2.82. The molecule has 0 unspecified atom stereocenters. The summed E-state index contributed by atoms with van der Waals surface area (Å²) in [6.07, 6.45) is 0. The van der Waals surface area contributed by atoms with Gasteiger partial charge in [0.2, 0.25) is 0 Å². The van der Waals surface area contributed by atoms with E-state index in [1.807, 2.05) is 31.2 Å². The van der Waals surface area contributed by atoms with Crippen molar-refractivity contribution in [3.8, 4) is 0 Å². The van der Waals surface area contributed by atoms with Crippen molar-refractivity contribution >= 4 is 23.2 Å². The summed E-state index contributed by atoms with van der Waals surface area (Å²) in [4.78, 5) is 35.5. The minimum absolute atomic E-state index is 0.134. The third-order valence-electron chi connectivity index (χ3n) is 4.44. The number of hydrogen-bond donors (Lipinski definition) is 2. The Balaban J connectivity index is 1.75. The number of para-hydroxylation sites is 1. The molecule has 0 saturated carbocycles. The maximum Gasteiger partial charge on any atom is 0.270 e. The van der Waals surface area contributed by atoms with Crippen LogP contribution < -0.4 is 10.6 Å². The van der Waals surface area contributed by atoms with E-state index >= 15 is 0 Å². The molecule has 0 aromatic heterocycles. The van der Waals surface area contributed by atoms with Gasteiger partial charge in [-0.15, -0.1) is 0 Å². The number of rotatable bonds is 6. The highest BCUT2D eigenvalue weighted by Gasteiger charge is 2.16. The summed E-state index contributed by atoms with van der Waals surface area (Å²) in [5, 5.41) is 16.4. The van der Waals surface area contributed by atoms with Crippen LogP contribution >= 0.6 is 0 Å². The Morgan fingerprint density at radius 3 is 2.41 bits per heavy atom. The van der Waals surface area contributed by atoms with Crippen molar-refractivity contribution in [2.75, 3.05) is 5.32 Å². The molecule has 2 N–H and O–H groups in total. The van der Waals surface area contributed by atoms with Crippen molar-refractivity contribution < 1.29 is 14.5 Å². The molecule has 0 aliphatic heterocycles. The number of carbonyl (C=O) groups excluding carboxylic acids is 2. The first-order valence-electron chi connectivity index (χ1n) is 8.93. The van der Waals surface area contributed by atoms with Crippen LogP contribution in [-0.2, 0) is 6.54 Å². The van der Waals surface area contributed by atoms with Crippen LogP contribution in [0.2, 0.25) is 0 Å². The van der Waals surface area contributed by atoms with Crippen molar-refractivity contribution in [1.82, 2.24) is 5.32 Å². The predicted molar refractivity (Wildman–Crippen MR) is 110 cm³/mol. The second kappa shape index (κ2) is 8.79. The van der Waals surface area contributed by atoms with Crippen molar-refractivity contribution in [3.05, 3.63) is 105 Å². The smallest absolute Gasteiger partial charge is 0.270 e. The molecule has 7 nitrogen and oxygen atoms in total. The fourth-order valence-corrected chi connectivity index (χ4v) is 2.82. The van der Waals surface area contributed by atoms with Crippen LogP contribution in [0.3, 0.4) is 0 Å². The van der Waals surface area contributed by atoms with Gasteiger partial charge in [0.25, 0.3) is 17.5 Å². The number of benzene rings is 3. The summed E-state index contributed by atoms with van der Waals surface area (Å²) in [6.45, 7) is 2.33. The quantitative estimate of drug-likeness (QED) is 0.490. The van der Waals surface area contributed by atoms with Crippen molar-refractivity contribution in [2.24, 2.45) is 0 Å². The van der Waals surface area contributed by atoms with Crippen molar-refractivity contribution in [2.45, 2.75) is 13.5 Å². The molecule has 0 aliphatic carbocycles. The molecule has 3 aromatic carbocycles. The number of nitrogens with zero attached hydrogens (tertiary/aromatic N) is 1. The Bertz CT molecular complexity index is 1080. The second-order valence-electron chi connectivity index (χ2n) is 6.42. The van der Waals surface area contributed by atoms with Gasteiger partial charge in [0.15, 0.2) is 0 Å². The molecule has 0 spiro atoms. The van der Waals surface area contributed by atoms with Crippen molar-refractivity contribution in [1.29, 1.82) is 0 Å². The van der Waals surface area contributed by atoms with Gasteiger partial charge in [-0.05, 0) is 36.2 Å². The van der Waals surface area contributed by atoms with Gasteiger partial charge >= 0.3 is 0 Å². The Morgan fingerprint density at radius 1 is 0.931 bits per heavy atom. The van der Waals surface area contributed by atoms with Crippen LogP contribution in [0, 0.1) is 17.0 Å². The summed E-state index contributed by atoms with van der Waals surface area (Å²) in [6, 6.07) is 19.8. The molecule has 146 valence electrons. The van der Waals surface area contributed by atoms with Crippen molar-refractivity contribution in [3.63, 3.8) is 0 Å². The summed E-state index contributed by atoms with van der Waals surface area (Å²) in [5.74, 6) is -0.865. The molecule has 0 atom stereocenters. The van der Waals surface area contributed by atoms with Gasteiger partial charge in [-0.2, -0.15) is 0 Å². The molecule has 0 aliphatic rings. The van der Waals surface area contributed by atoms with Crippen LogP contribution in [0.25, 0.3) is 0 Å². The van der Waals surface area contributed by atoms with Gasteiger partial charge in [0.1, 0.15) is 0 Å². The van der Waals surface area contributed by atoms with Gasteiger partial charge in [-0.25, -0.2) is 0 Å². The van der Waals surface area contributed by atoms with Crippen LogP contribution in [0.5, 0.6) is 0 Å². The average Bonchev–Trinajstić information content (AvgIpc) is 2.73. The third-order valence-corrected chi connectivity index (χ3v) is 4.44. The lowest BCUT2D eigenvalue weighted by Crippen LogP contribution is -2.25. The number of nitrogens with one attached hydrogen (secondary N) is 2. The highest BCUT2D eigenvalue weighted by atomic mass is 16.6. The van der Waals surface area contributed by atoms with E-state index < -0.39 is 10.8 Å². The van der Waals surface area contributed by atoms with E-state index in [0.29, 0.717) is 17.8 Å². The zero-order valence-electron chi connectivity index (χ0n) is 15.7. The average molecular weight is 389 g/mol. The fraction of sp³-hybridized carbons (Fsp3) is 0.0909. The zero-order chi connectivity index (χ0) is 20.8. The van der Waals surface area contributed by atoms with Crippen LogP contribution in [0.1, 0.15) is 31.8 Å². The molecular formula is C22H19N3O4. The summed E-state index contributed by atoms with van der Waals surface area (Å²) in [7, 11) is 0. The maximum atomic E-state index is 12.7. The molecule has 0 bridgehead atoms. The molecule has 29 heavy (non-hydrogen) atoms. The van der Waals surface area contributed by atoms with Gasteiger partial charge in [0, 0.05) is 24.2 Å². The largest absolute Gasteiger partial charge is 0.348 e. The number of anilines is 1. The number of non-ortho nitro benzene ring substituents is 1. The molecular weight excluding hydrogens is 370 g/mol. The van der Waals surface area contributed by atoms with Crippen LogP contribution in [0.15, 0.2) is 72.8 Å². The van der Waals surface area contributed by atoms with E-state index in [2.05, 4.69) is 10.6 Å². The molecule has 2 amide bonds. The minimum atomic E-state index is -0.566. The van der Waals surface area contributed by atoms with Gasteiger partial charge in [0.05, 0.1) is 16.2 Å². The van der Waals surface area contributed by atoms with Gasteiger partial charge < -0.3 is 10.6 Å². The number of nitro benzene ring substituents is 1. The third kappa shape index (κ3) is 4.84. The van der Waals surface area contributed by atoms with E-state index in [1.54, 1.807) is 24.3 Å². The van der Waals surface area contributed by atoms with E-state index in [9.17, 15) is 19.7 Å². The number of hydrogen-bond acceptors (Lipinski definition) is 4. The SMILES string of the molecule is Cc1ccccc1CNC(=O)c1ccccc1NC(=O)c1cccc([N+](=O)[O-])c1. The lowest BCUT2D eigenvalue weighted by molar-refractivity contribution is -0.384. The standard InChI is InChI=1S/C22H19N3O4/c1-15-7-2-3-8-17(15)14-23-22(27)19-11-4-5-12-20(19)24-21(26)16-9-6-10-18(13-16)25(28)29/h2-13H,14H2,1H3,(H,23,27)(H,24,26). The molecule has 0 fully saturated rings. The molecule has 3 aromatic rings. The summed E-state index contributed by atoms with van der Waals surface area (Å²) >= 11 is 0. The zero-order valence-corrected chi connectivity index (χ0v) is 15.7. The topological polar surface area (TPSA) is 101 Å². The highest BCUT2D eigenvalue weighted by molar-refractivity contribution is 6.09. The number of amides is 2. The molecule has 0 saturated heterocycles. The van der Waals surface area contributed by atoms with Gasteiger partial charge in [-0.3, -0.25) is 19.7 Å². The van der Waals surface area contributed by atoms with Crippen LogP contribution in [0.4, 0.5) is 11.4 Å². The van der Waals surface area contributed by atoms with E-state index in [0.717, 1.165) is 11.1 Å². The lowest BCUT2D eigenvalue weighted by Gasteiger charge is -2.12. The number of aryl methyl sites for hydroxylation is 1. The van der Waals surface area contributed by atoms with E-state index in [4.69, 9.17) is 0 Å². The first kappa shape index (κ1) is 19.8. The molecule has 0 radical (unpaired) electrons. The van der Waals surface area contributed by atoms with E-state index in [-0.39, 0.29) is 17.2 Å². The van der Waals surface area contributed by atoms with Crippen LogP contribution in [-0.4, -0.2) is 16.7 Å². The summed E-state index contributed by atoms with van der Waals surface area (Å²) in [5.41, 5.74) is 2.65. The first-order valence-corrected chi connectivity index (χ1v) is 8.93.